The van der Waals surface area contributed by atoms with Crippen LogP contribution in [0, 0.1) is 5.92 Å². The molecule has 1 aromatic rings. The van der Waals surface area contributed by atoms with Crippen molar-refractivity contribution >= 4 is 0 Å². The lowest BCUT2D eigenvalue weighted by molar-refractivity contribution is -0.137. The number of hydrogen-bond donors (Lipinski definition) is 1. The molecule has 1 aromatic carbocycles. The van der Waals surface area contributed by atoms with Crippen LogP contribution in [-0.2, 0) is 6.18 Å². The van der Waals surface area contributed by atoms with Gasteiger partial charge in [0.15, 0.2) is 0 Å². The van der Waals surface area contributed by atoms with Gasteiger partial charge in [0.25, 0.3) is 0 Å². The van der Waals surface area contributed by atoms with Gasteiger partial charge in [0, 0.05) is 6.04 Å². The maximum Gasteiger partial charge on any atom is 0.416 e. The molecule has 1 aliphatic heterocycles. The fraction of sp³-hybridized carbons (Fsp3) is 0.571. The van der Waals surface area contributed by atoms with E-state index in [1.807, 2.05) is 14.1 Å². The van der Waals surface area contributed by atoms with Gasteiger partial charge in [-0.3, -0.25) is 4.90 Å². The molecule has 0 saturated carbocycles. The molecule has 106 valence electrons. The van der Waals surface area contributed by atoms with E-state index in [9.17, 15) is 13.2 Å². The molecule has 0 amide bonds. The van der Waals surface area contributed by atoms with E-state index >= 15 is 0 Å². The molecular weight excluding hydrogens is 253 g/mol. The minimum absolute atomic E-state index is 0.0646. The summed E-state index contributed by atoms with van der Waals surface area (Å²) in [5.74, 6) is 0.360. The summed E-state index contributed by atoms with van der Waals surface area (Å²) in [6, 6.07) is 5.78. The van der Waals surface area contributed by atoms with Crippen LogP contribution in [0.4, 0.5) is 13.2 Å². The third-order valence-corrected chi connectivity index (χ3v) is 3.80. The molecule has 2 rings (SSSR count). The number of benzene rings is 1. The Kier molecular flexibility index (Phi) is 4.16. The molecule has 0 bridgehead atoms. The first-order chi connectivity index (χ1) is 8.93. The van der Waals surface area contributed by atoms with Crippen LogP contribution < -0.4 is 5.32 Å². The second-order valence-corrected chi connectivity index (χ2v) is 5.16. The third-order valence-electron chi connectivity index (χ3n) is 3.80. The highest BCUT2D eigenvalue weighted by atomic mass is 19.4. The Morgan fingerprint density at radius 2 is 2.11 bits per heavy atom. The standard InChI is InChI=1S/C14H19F3N2/c1-18-9-11-6-7-19(2)13(11)10-4-3-5-12(8-10)14(15,16)17/h3-5,8,11,13,18H,6-7,9H2,1-2H3. The van der Waals surface area contributed by atoms with Crippen molar-refractivity contribution in [2.45, 2.75) is 18.6 Å². The molecule has 19 heavy (non-hydrogen) atoms. The number of nitrogens with one attached hydrogen (secondary N) is 1. The van der Waals surface area contributed by atoms with E-state index in [1.165, 1.54) is 12.1 Å². The van der Waals surface area contributed by atoms with Gasteiger partial charge in [-0.2, -0.15) is 13.2 Å². The molecule has 1 aliphatic rings. The summed E-state index contributed by atoms with van der Waals surface area (Å²) in [6.45, 7) is 1.75. The van der Waals surface area contributed by atoms with Crippen LogP contribution in [0.5, 0.6) is 0 Å². The molecular formula is C14H19F3N2. The lowest BCUT2D eigenvalue weighted by atomic mass is 9.92. The van der Waals surface area contributed by atoms with Crippen molar-refractivity contribution in [1.29, 1.82) is 0 Å². The number of rotatable bonds is 3. The van der Waals surface area contributed by atoms with E-state index < -0.39 is 11.7 Å². The molecule has 0 spiro atoms. The normalized spacial score (nSPS) is 24.9. The van der Waals surface area contributed by atoms with E-state index in [-0.39, 0.29) is 6.04 Å². The van der Waals surface area contributed by atoms with E-state index in [4.69, 9.17) is 0 Å². The van der Waals surface area contributed by atoms with Gasteiger partial charge in [-0.1, -0.05) is 12.1 Å². The maximum absolute atomic E-state index is 12.8. The highest BCUT2D eigenvalue weighted by Gasteiger charge is 2.35. The fourth-order valence-electron chi connectivity index (χ4n) is 2.93. The summed E-state index contributed by atoms with van der Waals surface area (Å²) in [4.78, 5) is 2.14. The quantitative estimate of drug-likeness (QED) is 0.910. The van der Waals surface area contributed by atoms with Gasteiger partial charge in [-0.05, 0) is 57.2 Å². The summed E-state index contributed by atoms with van der Waals surface area (Å²) in [7, 11) is 3.85. The minimum Gasteiger partial charge on any atom is -0.319 e. The molecule has 0 radical (unpaired) electrons. The molecule has 1 saturated heterocycles. The molecule has 5 heteroatoms. The van der Waals surface area contributed by atoms with Crippen LogP contribution in [0.2, 0.25) is 0 Å². The zero-order chi connectivity index (χ0) is 14.0. The summed E-state index contributed by atoms with van der Waals surface area (Å²) in [5.41, 5.74) is 0.198. The molecule has 2 unspecified atom stereocenters. The van der Waals surface area contributed by atoms with Gasteiger partial charge in [0.05, 0.1) is 5.56 Å². The van der Waals surface area contributed by atoms with Crippen molar-refractivity contribution in [2.24, 2.45) is 5.92 Å². The zero-order valence-electron chi connectivity index (χ0n) is 11.2. The summed E-state index contributed by atoms with van der Waals surface area (Å²) in [5, 5.41) is 3.13. The molecule has 0 aliphatic carbocycles. The summed E-state index contributed by atoms with van der Waals surface area (Å²) in [6.07, 6.45) is -3.26. The van der Waals surface area contributed by atoms with Crippen molar-refractivity contribution in [3.8, 4) is 0 Å². The van der Waals surface area contributed by atoms with E-state index in [0.717, 1.165) is 31.1 Å². The Hall–Kier alpha value is -1.07. The molecule has 1 N–H and O–H groups in total. The first-order valence-corrected chi connectivity index (χ1v) is 6.45. The van der Waals surface area contributed by atoms with Crippen molar-refractivity contribution in [1.82, 2.24) is 10.2 Å². The third kappa shape index (κ3) is 3.09. The van der Waals surface area contributed by atoms with Crippen LogP contribution in [0.25, 0.3) is 0 Å². The monoisotopic (exact) mass is 272 g/mol. The topological polar surface area (TPSA) is 15.3 Å². The SMILES string of the molecule is CNCC1CCN(C)C1c1cccc(C(F)(F)F)c1. The second-order valence-electron chi connectivity index (χ2n) is 5.16. The number of alkyl halides is 3. The first kappa shape index (κ1) is 14.3. The Labute approximate surface area is 111 Å². The van der Waals surface area contributed by atoms with Crippen LogP contribution in [0.3, 0.4) is 0 Å². The van der Waals surface area contributed by atoms with Crippen LogP contribution in [0.1, 0.15) is 23.6 Å². The lowest BCUT2D eigenvalue weighted by Gasteiger charge is -2.26. The van der Waals surface area contributed by atoms with Crippen molar-refractivity contribution in [3.05, 3.63) is 35.4 Å². The van der Waals surface area contributed by atoms with Crippen LogP contribution in [-0.4, -0.2) is 32.1 Å². The van der Waals surface area contributed by atoms with Gasteiger partial charge in [-0.15, -0.1) is 0 Å². The van der Waals surface area contributed by atoms with Crippen molar-refractivity contribution < 1.29 is 13.2 Å². The van der Waals surface area contributed by atoms with Crippen molar-refractivity contribution in [3.63, 3.8) is 0 Å². The number of hydrogen-bond acceptors (Lipinski definition) is 2. The Bertz CT molecular complexity index is 429. The summed E-state index contributed by atoms with van der Waals surface area (Å²) >= 11 is 0. The van der Waals surface area contributed by atoms with E-state index in [0.29, 0.717) is 5.92 Å². The number of halogens is 3. The Balaban J connectivity index is 2.29. The van der Waals surface area contributed by atoms with Crippen molar-refractivity contribution in [2.75, 3.05) is 27.2 Å². The predicted molar refractivity (Wildman–Crippen MR) is 68.8 cm³/mol. The van der Waals surface area contributed by atoms with Gasteiger partial charge in [0.1, 0.15) is 0 Å². The van der Waals surface area contributed by atoms with Gasteiger partial charge in [0.2, 0.25) is 0 Å². The maximum atomic E-state index is 12.8. The van der Waals surface area contributed by atoms with Gasteiger partial charge < -0.3 is 5.32 Å². The van der Waals surface area contributed by atoms with E-state index in [1.54, 1.807) is 6.07 Å². The average molecular weight is 272 g/mol. The second kappa shape index (κ2) is 5.51. The van der Waals surface area contributed by atoms with Gasteiger partial charge >= 0.3 is 6.18 Å². The number of nitrogens with zero attached hydrogens (tertiary/aromatic N) is 1. The molecule has 1 fully saturated rings. The highest BCUT2D eigenvalue weighted by molar-refractivity contribution is 5.29. The van der Waals surface area contributed by atoms with Crippen LogP contribution in [0.15, 0.2) is 24.3 Å². The predicted octanol–water partition coefficient (Wildman–Crippen LogP) is 2.92. The largest absolute Gasteiger partial charge is 0.416 e. The molecule has 1 heterocycles. The molecule has 2 nitrogen and oxygen atoms in total. The smallest absolute Gasteiger partial charge is 0.319 e. The van der Waals surface area contributed by atoms with Crippen LogP contribution >= 0.6 is 0 Å². The number of likely N-dealkylation sites (tertiary alicyclic amines) is 1. The lowest BCUT2D eigenvalue weighted by Crippen LogP contribution is -2.27. The Morgan fingerprint density at radius 1 is 1.37 bits per heavy atom. The fourth-order valence-corrected chi connectivity index (χ4v) is 2.93. The first-order valence-electron chi connectivity index (χ1n) is 6.45. The average Bonchev–Trinajstić information content (AvgIpc) is 2.70. The summed E-state index contributed by atoms with van der Waals surface area (Å²) < 4.78 is 38.3. The molecule has 0 aromatic heterocycles. The highest BCUT2D eigenvalue weighted by Crippen LogP contribution is 2.38. The Morgan fingerprint density at radius 3 is 2.74 bits per heavy atom. The minimum atomic E-state index is -4.27. The zero-order valence-corrected chi connectivity index (χ0v) is 11.2. The molecule has 2 atom stereocenters. The van der Waals surface area contributed by atoms with Gasteiger partial charge in [-0.25, -0.2) is 0 Å². The van der Waals surface area contributed by atoms with E-state index in [2.05, 4.69) is 10.2 Å².